The number of carbonyl (C=O) groups excluding carboxylic acids is 4. The van der Waals surface area contributed by atoms with Gasteiger partial charge in [-0.2, -0.15) is 0 Å². The van der Waals surface area contributed by atoms with Gasteiger partial charge in [-0.3, -0.25) is 9.59 Å². The van der Waals surface area contributed by atoms with Crippen LogP contribution in [0.3, 0.4) is 0 Å². The molecular formula is C34H22N2O6S. The second kappa shape index (κ2) is 8.62. The van der Waals surface area contributed by atoms with Gasteiger partial charge in [-0.05, 0) is 61.4 Å². The minimum absolute atomic E-state index is 0.114. The van der Waals surface area contributed by atoms with Crippen LogP contribution in [0.25, 0.3) is 32.7 Å². The summed E-state index contributed by atoms with van der Waals surface area (Å²) in [5.41, 5.74) is 6.02. The summed E-state index contributed by atoms with van der Waals surface area (Å²) in [5.74, 6) is -1.60. The highest BCUT2D eigenvalue weighted by molar-refractivity contribution is 7.15. The molecule has 4 aromatic rings. The van der Waals surface area contributed by atoms with Crippen LogP contribution in [0.5, 0.6) is 11.5 Å². The van der Waals surface area contributed by atoms with Crippen molar-refractivity contribution in [3.63, 3.8) is 0 Å². The van der Waals surface area contributed by atoms with Crippen LogP contribution in [-0.2, 0) is 19.2 Å². The van der Waals surface area contributed by atoms with Crippen molar-refractivity contribution in [2.24, 2.45) is 0 Å². The summed E-state index contributed by atoms with van der Waals surface area (Å²) >= 11 is 1.66. The summed E-state index contributed by atoms with van der Waals surface area (Å²) in [4.78, 5) is 58.9. The molecule has 4 aliphatic rings. The Bertz CT molecular complexity index is 2120. The highest BCUT2D eigenvalue weighted by Gasteiger charge is 2.44. The molecule has 2 amide bonds. The van der Waals surface area contributed by atoms with Crippen LogP contribution < -0.4 is 19.3 Å². The Morgan fingerprint density at radius 3 is 1.65 bits per heavy atom. The third-order valence-electron chi connectivity index (χ3n) is 8.41. The number of nitrogens with zero attached hydrogens (tertiary/aromatic N) is 2. The minimum atomic E-state index is -0.667. The molecule has 0 radical (unpaired) electrons. The zero-order valence-electron chi connectivity index (χ0n) is 23.5. The highest BCUT2D eigenvalue weighted by atomic mass is 32.1. The van der Waals surface area contributed by atoms with E-state index >= 15 is 0 Å². The summed E-state index contributed by atoms with van der Waals surface area (Å²) in [7, 11) is 3.34. The lowest BCUT2D eigenvalue weighted by Gasteiger charge is -2.10. The Labute approximate surface area is 250 Å². The minimum Gasteiger partial charge on any atom is -0.422 e. The van der Waals surface area contributed by atoms with E-state index in [1.165, 1.54) is 14.7 Å². The molecule has 0 bridgehead atoms. The van der Waals surface area contributed by atoms with E-state index < -0.39 is 11.9 Å². The van der Waals surface area contributed by atoms with E-state index in [1.54, 1.807) is 37.6 Å². The van der Waals surface area contributed by atoms with Gasteiger partial charge in [0, 0.05) is 46.1 Å². The zero-order chi connectivity index (χ0) is 29.9. The van der Waals surface area contributed by atoms with Gasteiger partial charge >= 0.3 is 11.9 Å². The van der Waals surface area contributed by atoms with Crippen molar-refractivity contribution in [2.45, 2.75) is 13.8 Å². The molecule has 0 spiro atoms. The molecule has 210 valence electrons. The number of fused-ring (bicyclic) bond motifs is 4. The van der Waals surface area contributed by atoms with Gasteiger partial charge in [-0.25, -0.2) is 9.59 Å². The van der Waals surface area contributed by atoms with Gasteiger partial charge in [0.1, 0.15) is 11.5 Å². The second-order valence-electron chi connectivity index (χ2n) is 11.0. The molecule has 0 saturated heterocycles. The van der Waals surface area contributed by atoms with Gasteiger partial charge in [0.15, 0.2) is 0 Å². The molecule has 3 aromatic carbocycles. The lowest BCUT2D eigenvalue weighted by atomic mass is 9.92. The Kier molecular flexibility index (Phi) is 5.10. The van der Waals surface area contributed by atoms with E-state index in [2.05, 4.69) is 0 Å². The molecule has 1 aromatic heterocycles. The summed E-state index contributed by atoms with van der Waals surface area (Å²) < 4.78 is 11.3. The standard InChI is InChI=1S/C34H22N2O6S/c1-15-5-8-18-22(11-15)35(3)31(37)27(18)29-20-13-25-21(14-24(20)41-33(29)39)30(34(40)42-25)28-19-9-7-17(26-10-6-16(2)43-26)12-23(19)36(4)32(28)38/h5-14H,1-4H3/b29-27+,30-28+. The monoisotopic (exact) mass is 586 g/mol. The second-order valence-corrected chi connectivity index (χ2v) is 12.3. The number of benzene rings is 3. The predicted molar refractivity (Wildman–Crippen MR) is 164 cm³/mol. The number of rotatable bonds is 1. The maximum Gasteiger partial charge on any atom is 0.345 e. The number of hydrogen-bond acceptors (Lipinski definition) is 7. The van der Waals surface area contributed by atoms with Gasteiger partial charge in [-0.1, -0.05) is 24.3 Å². The zero-order valence-corrected chi connectivity index (χ0v) is 24.3. The fourth-order valence-electron chi connectivity index (χ4n) is 6.28. The SMILES string of the molecule is Cc1ccc2c(c1)N(C)C(=O)/C2=C1/C(=O)Oc2cc3c(cc21)OC(=O)/C3=C1/C(=O)N(C)c2cc(-c3ccc(C)s3)ccc21. The molecule has 9 heteroatoms. The first kappa shape index (κ1) is 25.4. The number of anilines is 2. The Balaban J connectivity index is 1.29. The molecule has 8 nitrogen and oxygen atoms in total. The lowest BCUT2D eigenvalue weighted by molar-refractivity contribution is -0.127. The largest absolute Gasteiger partial charge is 0.422 e. The first-order chi connectivity index (χ1) is 20.6. The van der Waals surface area contributed by atoms with E-state index in [-0.39, 0.29) is 45.6 Å². The van der Waals surface area contributed by atoms with Crippen LogP contribution in [0.2, 0.25) is 0 Å². The van der Waals surface area contributed by atoms with Gasteiger partial charge in [0.05, 0.1) is 33.7 Å². The average Bonchev–Trinajstić information content (AvgIpc) is 3.74. The molecule has 4 aliphatic heterocycles. The fraction of sp³-hybridized carbons (Fsp3) is 0.118. The summed E-state index contributed by atoms with van der Waals surface area (Å²) in [5, 5.41) is 0. The lowest BCUT2D eigenvalue weighted by Crippen LogP contribution is -2.21. The van der Waals surface area contributed by atoms with E-state index in [4.69, 9.17) is 9.47 Å². The number of amides is 2. The first-order valence-corrected chi connectivity index (χ1v) is 14.4. The molecule has 0 saturated carbocycles. The quantitative estimate of drug-likeness (QED) is 0.163. The van der Waals surface area contributed by atoms with Crippen molar-refractivity contribution in [1.82, 2.24) is 0 Å². The molecule has 0 atom stereocenters. The number of esters is 2. The van der Waals surface area contributed by atoms with Gasteiger partial charge in [0.25, 0.3) is 11.8 Å². The van der Waals surface area contributed by atoms with Crippen LogP contribution in [0.15, 0.2) is 60.7 Å². The molecule has 0 unspecified atom stereocenters. The van der Waals surface area contributed by atoms with Gasteiger partial charge < -0.3 is 19.3 Å². The van der Waals surface area contributed by atoms with Gasteiger partial charge in [-0.15, -0.1) is 11.3 Å². The third-order valence-corrected chi connectivity index (χ3v) is 9.46. The van der Waals surface area contributed by atoms with Crippen LogP contribution in [0, 0.1) is 13.8 Å². The van der Waals surface area contributed by atoms with Crippen molar-refractivity contribution in [1.29, 1.82) is 0 Å². The van der Waals surface area contributed by atoms with Crippen LogP contribution in [-0.4, -0.2) is 37.8 Å². The van der Waals surface area contributed by atoms with Crippen molar-refractivity contribution >= 4 is 68.8 Å². The fourth-order valence-corrected chi connectivity index (χ4v) is 7.14. The van der Waals surface area contributed by atoms with E-state index in [0.717, 1.165) is 16.0 Å². The van der Waals surface area contributed by atoms with Crippen LogP contribution in [0.1, 0.15) is 32.7 Å². The number of thiophene rings is 1. The van der Waals surface area contributed by atoms with Crippen molar-refractivity contribution < 1.29 is 28.7 Å². The molecule has 0 fully saturated rings. The average molecular weight is 587 g/mol. The maximum absolute atomic E-state index is 13.6. The van der Waals surface area contributed by atoms with E-state index in [0.29, 0.717) is 33.6 Å². The molecule has 43 heavy (non-hydrogen) atoms. The summed E-state index contributed by atoms with van der Waals surface area (Å²) in [6, 6.07) is 18.5. The Morgan fingerprint density at radius 1 is 0.581 bits per heavy atom. The Morgan fingerprint density at radius 2 is 1.12 bits per heavy atom. The van der Waals surface area contributed by atoms with Crippen LogP contribution in [0.4, 0.5) is 11.4 Å². The van der Waals surface area contributed by atoms with Crippen molar-refractivity contribution in [2.75, 3.05) is 23.9 Å². The summed E-state index contributed by atoms with van der Waals surface area (Å²) in [6.07, 6.45) is 0. The molecule has 0 N–H and O–H groups in total. The molecule has 8 rings (SSSR count). The first-order valence-electron chi connectivity index (χ1n) is 13.6. The third kappa shape index (κ3) is 3.42. The van der Waals surface area contributed by atoms with E-state index in [1.807, 2.05) is 62.4 Å². The molecule has 0 aliphatic carbocycles. The number of ether oxygens (including phenoxy) is 2. The number of carbonyl (C=O) groups is 4. The topological polar surface area (TPSA) is 93.2 Å². The smallest absolute Gasteiger partial charge is 0.345 e. The maximum atomic E-state index is 13.6. The van der Waals surface area contributed by atoms with E-state index in [9.17, 15) is 19.2 Å². The summed E-state index contributed by atoms with van der Waals surface area (Å²) in [6.45, 7) is 3.97. The van der Waals surface area contributed by atoms with Crippen molar-refractivity contribution in [3.8, 4) is 21.9 Å². The van der Waals surface area contributed by atoms with Gasteiger partial charge in [0.2, 0.25) is 0 Å². The Hall–Kier alpha value is -5.28. The van der Waals surface area contributed by atoms with Crippen LogP contribution >= 0.6 is 11.3 Å². The molecule has 5 heterocycles. The molecular weight excluding hydrogens is 564 g/mol. The number of aryl methyl sites for hydroxylation is 2. The highest BCUT2D eigenvalue weighted by Crippen LogP contribution is 2.51. The normalized spacial score (nSPS) is 20.0. The number of hydrogen-bond donors (Lipinski definition) is 0. The predicted octanol–water partition coefficient (Wildman–Crippen LogP) is 5.64. The number of likely N-dealkylation sites (N-methyl/N-ethyl adjacent to an activating group) is 2. The van der Waals surface area contributed by atoms with Crippen molar-refractivity contribution in [3.05, 3.63) is 93.4 Å².